The molecule has 0 aliphatic rings. The molecule has 0 saturated carbocycles. The van der Waals surface area contributed by atoms with Gasteiger partial charge in [-0.15, -0.1) is 0 Å². The highest BCUT2D eigenvalue weighted by atomic mass is 32.2. The van der Waals surface area contributed by atoms with Gasteiger partial charge in [0.1, 0.15) is 0 Å². The lowest BCUT2D eigenvalue weighted by Gasteiger charge is -2.10. The average molecular weight is 294 g/mol. The smallest absolute Gasteiger partial charge is 0.175 e. The van der Waals surface area contributed by atoms with E-state index in [0.717, 1.165) is 18.4 Å². The normalized spacial score (nSPS) is 13.3. The van der Waals surface area contributed by atoms with Crippen LogP contribution in [-0.4, -0.2) is 29.6 Å². The van der Waals surface area contributed by atoms with Crippen molar-refractivity contribution in [3.05, 3.63) is 47.8 Å². The summed E-state index contributed by atoms with van der Waals surface area (Å²) in [7, 11) is -3.20. The number of hydrogen-bond acceptors (Lipinski definition) is 4. The van der Waals surface area contributed by atoms with E-state index in [1.54, 1.807) is 23.0 Å². The highest BCUT2D eigenvalue weighted by Crippen LogP contribution is 2.20. The van der Waals surface area contributed by atoms with Gasteiger partial charge in [0.25, 0.3) is 0 Å². The number of rotatable bonds is 5. The van der Waals surface area contributed by atoms with Crippen molar-refractivity contribution in [1.82, 2.24) is 9.78 Å². The van der Waals surface area contributed by atoms with Gasteiger partial charge in [-0.25, -0.2) is 8.42 Å². The Balaban J connectivity index is 2.11. The van der Waals surface area contributed by atoms with Crippen LogP contribution in [-0.2, 0) is 22.8 Å². The van der Waals surface area contributed by atoms with Crippen molar-refractivity contribution in [3.63, 3.8) is 0 Å². The van der Waals surface area contributed by atoms with Gasteiger partial charge in [0.2, 0.25) is 0 Å². The van der Waals surface area contributed by atoms with Crippen molar-refractivity contribution in [3.8, 4) is 0 Å². The van der Waals surface area contributed by atoms with E-state index >= 15 is 0 Å². The number of benzene rings is 1. The second-order valence-corrected chi connectivity index (χ2v) is 6.78. The van der Waals surface area contributed by atoms with E-state index < -0.39 is 15.9 Å². The highest BCUT2D eigenvalue weighted by Gasteiger charge is 2.12. The summed E-state index contributed by atoms with van der Waals surface area (Å²) < 4.78 is 24.5. The fourth-order valence-corrected chi connectivity index (χ4v) is 2.59. The van der Waals surface area contributed by atoms with E-state index in [2.05, 4.69) is 5.10 Å². The third kappa shape index (κ3) is 3.46. The summed E-state index contributed by atoms with van der Waals surface area (Å²) in [6.45, 7) is 2.79. The van der Waals surface area contributed by atoms with Gasteiger partial charge in [-0.05, 0) is 30.2 Å². The first kappa shape index (κ1) is 14.7. The zero-order valence-electron chi connectivity index (χ0n) is 11.5. The maximum Gasteiger partial charge on any atom is 0.175 e. The maximum atomic E-state index is 11.4. The number of sulfone groups is 1. The molecule has 0 radical (unpaired) electrons. The Kier molecular flexibility index (Phi) is 4.25. The van der Waals surface area contributed by atoms with Crippen LogP contribution in [0, 0.1) is 0 Å². The second-order valence-electron chi connectivity index (χ2n) is 4.77. The first-order valence-corrected chi connectivity index (χ1v) is 8.28. The van der Waals surface area contributed by atoms with Crippen LogP contribution in [0.4, 0.5) is 0 Å². The molecule has 0 aliphatic heterocycles. The molecule has 0 fully saturated rings. The molecule has 2 rings (SSSR count). The van der Waals surface area contributed by atoms with Crippen molar-refractivity contribution in [1.29, 1.82) is 0 Å². The third-order valence-corrected chi connectivity index (χ3v) is 4.26. The van der Waals surface area contributed by atoms with Crippen LogP contribution in [0.15, 0.2) is 41.6 Å². The summed E-state index contributed by atoms with van der Waals surface area (Å²) in [6, 6.07) is 6.32. The van der Waals surface area contributed by atoms with E-state index in [9.17, 15) is 13.5 Å². The molecule has 5 nitrogen and oxygen atoms in total. The van der Waals surface area contributed by atoms with Gasteiger partial charge in [0.15, 0.2) is 9.84 Å². The molecule has 0 aliphatic carbocycles. The van der Waals surface area contributed by atoms with Gasteiger partial charge in [0.05, 0.1) is 17.2 Å². The molecule has 20 heavy (non-hydrogen) atoms. The van der Waals surface area contributed by atoms with E-state index in [0.29, 0.717) is 12.0 Å². The molecule has 2 aromatic rings. The standard InChI is InChI=1S/C14H18N2O3S/c1-3-16-10-11(9-15-16)8-14(17)12-4-6-13(7-5-12)20(2,18)19/h4-7,9-10,14,17H,3,8H2,1-2H3. The van der Waals surface area contributed by atoms with Gasteiger partial charge in [-0.2, -0.15) is 5.10 Å². The SMILES string of the molecule is CCn1cc(CC(O)c2ccc(S(C)(=O)=O)cc2)cn1. The summed E-state index contributed by atoms with van der Waals surface area (Å²) in [5, 5.41) is 14.3. The minimum absolute atomic E-state index is 0.257. The van der Waals surface area contributed by atoms with Gasteiger partial charge in [0, 0.05) is 25.4 Å². The Hall–Kier alpha value is -1.66. The molecule has 1 aromatic carbocycles. The lowest BCUT2D eigenvalue weighted by atomic mass is 10.0. The van der Waals surface area contributed by atoms with E-state index in [-0.39, 0.29) is 4.90 Å². The topological polar surface area (TPSA) is 72.2 Å². The molecule has 6 heteroatoms. The van der Waals surface area contributed by atoms with Crippen LogP contribution in [0.5, 0.6) is 0 Å². The Morgan fingerprint density at radius 2 is 1.95 bits per heavy atom. The monoisotopic (exact) mass is 294 g/mol. The van der Waals surface area contributed by atoms with Gasteiger partial charge < -0.3 is 5.11 Å². The molecule has 108 valence electrons. The van der Waals surface area contributed by atoms with Crippen molar-refractivity contribution in [2.24, 2.45) is 0 Å². The van der Waals surface area contributed by atoms with Gasteiger partial charge in [-0.1, -0.05) is 12.1 Å². The predicted octanol–water partition coefficient (Wildman–Crippen LogP) is 1.58. The van der Waals surface area contributed by atoms with Crippen LogP contribution in [0.2, 0.25) is 0 Å². The van der Waals surface area contributed by atoms with Crippen LogP contribution >= 0.6 is 0 Å². The van der Waals surface area contributed by atoms with Crippen LogP contribution < -0.4 is 0 Å². The summed E-state index contributed by atoms with van der Waals surface area (Å²) in [4.78, 5) is 0.257. The Morgan fingerprint density at radius 1 is 1.30 bits per heavy atom. The summed E-state index contributed by atoms with van der Waals surface area (Å²) >= 11 is 0. The lowest BCUT2D eigenvalue weighted by Crippen LogP contribution is -2.03. The zero-order chi connectivity index (χ0) is 14.8. The molecular weight excluding hydrogens is 276 g/mol. The molecule has 0 bridgehead atoms. The number of aromatic nitrogens is 2. The number of hydrogen-bond donors (Lipinski definition) is 1. The third-order valence-electron chi connectivity index (χ3n) is 3.13. The summed E-state index contributed by atoms with van der Waals surface area (Å²) in [5.74, 6) is 0. The van der Waals surface area contributed by atoms with Gasteiger partial charge in [-0.3, -0.25) is 4.68 Å². The molecule has 1 N–H and O–H groups in total. The van der Waals surface area contributed by atoms with Crippen molar-refractivity contribution < 1.29 is 13.5 Å². The van der Waals surface area contributed by atoms with Crippen LogP contribution in [0.1, 0.15) is 24.2 Å². The molecule has 1 heterocycles. The van der Waals surface area contributed by atoms with E-state index in [4.69, 9.17) is 0 Å². The minimum Gasteiger partial charge on any atom is -0.388 e. The largest absolute Gasteiger partial charge is 0.388 e. The summed E-state index contributed by atoms with van der Waals surface area (Å²) in [5.41, 5.74) is 1.65. The van der Waals surface area contributed by atoms with E-state index in [1.807, 2.05) is 13.1 Å². The molecule has 0 spiro atoms. The number of aliphatic hydroxyl groups is 1. The van der Waals surface area contributed by atoms with Crippen LogP contribution in [0.3, 0.4) is 0 Å². The van der Waals surface area contributed by atoms with Crippen molar-refractivity contribution >= 4 is 9.84 Å². The highest BCUT2D eigenvalue weighted by molar-refractivity contribution is 7.90. The van der Waals surface area contributed by atoms with Gasteiger partial charge >= 0.3 is 0 Å². The molecule has 1 unspecified atom stereocenters. The number of aliphatic hydroxyl groups excluding tert-OH is 1. The second kappa shape index (κ2) is 5.76. The van der Waals surface area contributed by atoms with Crippen molar-refractivity contribution in [2.75, 3.05) is 6.26 Å². The number of nitrogens with zero attached hydrogens (tertiary/aromatic N) is 2. The number of aryl methyl sites for hydroxylation is 1. The Labute approximate surface area is 118 Å². The molecule has 1 aromatic heterocycles. The van der Waals surface area contributed by atoms with Crippen LogP contribution in [0.25, 0.3) is 0 Å². The average Bonchev–Trinajstić information content (AvgIpc) is 2.85. The van der Waals surface area contributed by atoms with E-state index in [1.165, 1.54) is 12.1 Å². The first-order chi connectivity index (χ1) is 9.40. The lowest BCUT2D eigenvalue weighted by molar-refractivity contribution is 0.178. The maximum absolute atomic E-state index is 11.4. The minimum atomic E-state index is -3.20. The predicted molar refractivity (Wildman–Crippen MR) is 76.1 cm³/mol. The quantitative estimate of drug-likeness (QED) is 0.909. The zero-order valence-corrected chi connectivity index (χ0v) is 12.3. The molecular formula is C14H18N2O3S. The molecule has 0 amide bonds. The Bertz CT molecular complexity index is 675. The van der Waals surface area contributed by atoms with Crippen molar-refractivity contribution in [2.45, 2.75) is 30.9 Å². The fraction of sp³-hybridized carbons (Fsp3) is 0.357. The molecule has 0 saturated heterocycles. The Morgan fingerprint density at radius 3 is 2.45 bits per heavy atom. The summed E-state index contributed by atoms with van der Waals surface area (Å²) in [6.07, 6.45) is 4.58. The fourth-order valence-electron chi connectivity index (χ4n) is 1.96. The molecule has 1 atom stereocenters. The first-order valence-electron chi connectivity index (χ1n) is 6.39.